The van der Waals surface area contributed by atoms with Crippen molar-refractivity contribution in [1.82, 2.24) is 9.21 Å². The number of amides is 1. The van der Waals surface area contributed by atoms with Crippen LogP contribution in [0.25, 0.3) is 6.08 Å². The van der Waals surface area contributed by atoms with E-state index in [0.717, 1.165) is 5.56 Å². The number of esters is 1. The predicted octanol–water partition coefficient (Wildman–Crippen LogP) is 1.43. The van der Waals surface area contributed by atoms with Crippen LogP contribution in [-0.2, 0) is 24.3 Å². The average Bonchev–Trinajstić information content (AvgIpc) is 2.70. The van der Waals surface area contributed by atoms with Gasteiger partial charge in [-0.2, -0.15) is 4.31 Å². The summed E-state index contributed by atoms with van der Waals surface area (Å²) in [6.07, 6.45) is 1.90. The molecule has 2 rings (SSSR count). The van der Waals surface area contributed by atoms with Gasteiger partial charge in [0.1, 0.15) is 0 Å². The van der Waals surface area contributed by atoms with E-state index in [1.807, 2.05) is 30.3 Å². The summed E-state index contributed by atoms with van der Waals surface area (Å²) in [7, 11) is -2.17. The summed E-state index contributed by atoms with van der Waals surface area (Å²) in [6, 6.07) is 9.23. The third-order valence-electron chi connectivity index (χ3n) is 4.09. The number of sulfonamides is 1. The molecule has 148 valence electrons. The molecule has 1 aliphatic rings. The second kappa shape index (κ2) is 10.5. The zero-order valence-corrected chi connectivity index (χ0v) is 16.9. The maximum Gasteiger partial charge on any atom is 0.315 e. The topological polar surface area (TPSA) is 84.0 Å². The molecule has 0 radical (unpaired) electrons. The minimum Gasteiger partial charge on any atom is -0.468 e. The van der Waals surface area contributed by atoms with Crippen LogP contribution in [0.3, 0.4) is 0 Å². The molecule has 0 spiro atoms. The summed E-state index contributed by atoms with van der Waals surface area (Å²) < 4.78 is 30.8. The van der Waals surface area contributed by atoms with Crippen molar-refractivity contribution in [2.24, 2.45) is 0 Å². The van der Waals surface area contributed by atoms with Gasteiger partial charge in [0.2, 0.25) is 15.9 Å². The van der Waals surface area contributed by atoms with Gasteiger partial charge in [-0.1, -0.05) is 30.3 Å². The van der Waals surface area contributed by atoms with Gasteiger partial charge in [0, 0.05) is 43.8 Å². The van der Waals surface area contributed by atoms with Crippen LogP contribution in [-0.4, -0.2) is 74.3 Å². The Balaban J connectivity index is 1.77. The summed E-state index contributed by atoms with van der Waals surface area (Å²) in [4.78, 5) is 24.9. The van der Waals surface area contributed by atoms with Crippen LogP contribution in [0.4, 0.5) is 0 Å². The molecule has 0 aliphatic carbocycles. The van der Waals surface area contributed by atoms with Gasteiger partial charge in [0.15, 0.2) is 0 Å². The molecule has 1 aromatic carbocycles. The third-order valence-corrected chi connectivity index (χ3v) is 6.59. The Kier molecular flexibility index (Phi) is 8.33. The number of thioether (sulfide) groups is 1. The lowest BCUT2D eigenvalue weighted by Crippen LogP contribution is -2.50. The highest BCUT2D eigenvalue weighted by Crippen LogP contribution is 2.13. The fourth-order valence-corrected chi connectivity index (χ4v) is 4.46. The van der Waals surface area contributed by atoms with Gasteiger partial charge in [-0.15, -0.1) is 11.8 Å². The van der Waals surface area contributed by atoms with Gasteiger partial charge in [0.05, 0.1) is 12.9 Å². The number of rotatable bonds is 8. The SMILES string of the molecule is COC(=O)CSCCC(=O)N1CCN(S(=O)(=O)/C=C/c2ccccc2)CC1. The molecule has 27 heavy (non-hydrogen) atoms. The zero-order chi connectivity index (χ0) is 19.7. The van der Waals surface area contributed by atoms with Crippen LogP contribution >= 0.6 is 11.8 Å². The number of hydrogen-bond donors (Lipinski definition) is 0. The number of hydrogen-bond acceptors (Lipinski definition) is 6. The first-order valence-corrected chi connectivity index (χ1v) is 11.2. The first-order valence-electron chi connectivity index (χ1n) is 8.58. The Bertz CT molecular complexity index is 757. The second-order valence-electron chi connectivity index (χ2n) is 5.92. The summed E-state index contributed by atoms with van der Waals surface area (Å²) in [5.41, 5.74) is 0.819. The van der Waals surface area contributed by atoms with E-state index in [9.17, 15) is 18.0 Å². The molecule has 7 nitrogen and oxygen atoms in total. The molecular formula is C18H24N2O5S2. The van der Waals surface area contributed by atoms with Crippen molar-refractivity contribution in [3.05, 3.63) is 41.3 Å². The van der Waals surface area contributed by atoms with Crippen LogP contribution in [0, 0.1) is 0 Å². The average molecular weight is 413 g/mol. The van der Waals surface area contributed by atoms with Crippen LogP contribution < -0.4 is 0 Å². The van der Waals surface area contributed by atoms with Gasteiger partial charge in [-0.25, -0.2) is 8.42 Å². The molecule has 1 saturated heterocycles. The smallest absolute Gasteiger partial charge is 0.315 e. The van der Waals surface area contributed by atoms with Crippen LogP contribution in [0.1, 0.15) is 12.0 Å². The van der Waals surface area contributed by atoms with Gasteiger partial charge in [0.25, 0.3) is 0 Å². The first-order chi connectivity index (χ1) is 12.9. The van der Waals surface area contributed by atoms with E-state index in [4.69, 9.17) is 0 Å². The molecule has 1 amide bonds. The normalized spacial score (nSPS) is 15.8. The van der Waals surface area contributed by atoms with E-state index >= 15 is 0 Å². The summed E-state index contributed by atoms with van der Waals surface area (Å²) in [5.74, 6) is 0.426. The van der Waals surface area contributed by atoms with E-state index in [-0.39, 0.29) is 30.7 Å². The van der Waals surface area contributed by atoms with E-state index < -0.39 is 10.0 Å². The number of piperazine rings is 1. The van der Waals surface area contributed by atoms with E-state index in [1.54, 1.807) is 11.0 Å². The minimum atomic E-state index is -3.50. The maximum atomic E-state index is 12.4. The number of carbonyl (C=O) groups is 2. The summed E-state index contributed by atoms with van der Waals surface area (Å²) >= 11 is 1.35. The quantitative estimate of drug-likeness (QED) is 0.474. The van der Waals surface area contributed by atoms with Crippen LogP contribution in [0.15, 0.2) is 35.7 Å². The zero-order valence-electron chi connectivity index (χ0n) is 15.2. The standard InChI is InChI=1S/C18H24N2O5S2/c1-25-18(22)15-26-13-7-17(21)19-9-11-20(12-10-19)27(23,24)14-8-16-5-3-2-4-6-16/h2-6,8,14H,7,9-13,15H2,1H3/b14-8+. The molecule has 1 heterocycles. The molecule has 1 fully saturated rings. The molecule has 0 N–H and O–H groups in total. The van der Waals surface area contributed by atoms with Gasteiger partial charge in [-0.3, -0.25) is 9.59 Å². The van der Waals surface area contributed by atoms with Crippen molar-refractivity contribution >= 4 is 39.7 Å². The van der Waals surface area contributed by atoms with Gasteiger partial charge >= 0.3 is 5.97 Å². The Labute approximate surface area is 164 Å². The van der Waals surface area contributed by atoms with Crippen molar-refractivity contribution in [1.29, 1.82) is 0 Å². The lowest BCUT2D eigenvalue weighted by Gasteiger charge is -2.33. The van der Waals surface area contributed by atoms with E-state index in [1.165, 1.54) is 28.6 Å². The van der Waals surface area contributed by atoms with E-state index in [2.05, 4.69) is 4.74 Å². The van der Waals surface area contributed by atoms with E-state index in [0.29, 0.717) is 25.3 Å². The number of benzene rings is 1. The first kappa shape index (κ1) is 21.5. The molecule has 0 unspecified atom stereocenters. The second-order valence-corrected chi connectivity index (χ2v) is 8.84. The third kappa shape index (κ3) is 7.00. The Morgan fingerprint density at radius 2 is 1.81 bits per heavy atom. The highest BCUT2D eigenvalue weighted by molar-refractivity contribution is 7.99. The van der Waals surface area contributed by atoms with Crippen molar-refractivity contribution in [3.63, 3.8) is 0 Å². The molecule has 0 atom stereocenters. The van der Waals surface area contributed by atoms with Crippen LogP contribution in [0.2, 0.25) is 0 Å². The van der Waals surface area contributed by atoms with Crippen molar-refractivity contribution in [3.8, 4) is 0 Å². The Morgan fingerprint density at radius 3 is 2.44 bits per heavy atom. The van der Waals surface area contributed by atoms with Crippen molar-refractivity contribution < 1.29 is 22.7 Å². The molecule has 0 aromatic heterocycles. The Morgan fingerprint density at radius 1 is 1.15 bits per heavy atom. The van der Waals surface area contributed by atoms with Crippen molar-refractivity contribution in [2.75, 3.05) is 44.8 Å². The van der Waals surface area contributed by atoms with Gasteiger partial charge in [-0.05, 0) is 11.6 Å². The summed E-state index contributed by atoms with van der Waals surface area (Å²) in [5, 5.41) is 1.21. The lowest BCUT2D eigenvalue weighted by molar-refractivity contribution is -0.137. The predicted molar refractivity (Wildman–Crippen MR) is 107 cm³/mol. The number of carbonyl (C=O) groups excluding carboxylic acids is 2. The minimum absolute atomic E-state index is 0.0239. The molecular weight excluding hydrogens is 388 g/mol. The fraction of sp³-hybridized carbons (Fsp3) is 0.444. The Hall–Kier alpha value is -1.84. The number of ether oxygens (including phenoxy) is 1. The molecule has 1 aliphatic heterocycles. The highest BCUT2D eigenvalue weighted by Gasteiger charge is 2.27. The monoisotopic (exact) mass is 412 g/mol. The highest BCUT2D eigenvalue weighted by atomic mass is 32.2. The fourth-order valence-electron chi connectivity index (χ4n) is 2.54. The number of nitrogens with zero attached hydrogens (tertiary/aromatic N) is 2. The van der Waals surface area contributed by atoms with Crippen LogP contribution in [0.5, 0.6) is 0 Å². The molecule has 0 bridgehead atoms. The van der Waals surface area contributed by atoms with Gasteiger partial charge < -0.3 is 9.64 Å². The molecule has 1 aromatic rings. The largest absolute Gasteiger partial charge is 0.468 e. The lowest BCUT2D eigenvalue weighted by atomic mass is 10.2. The summed E-state index contributed by atoms with van der Waals surface area (Å²) in [6.45, 7) is 1.31. The maximum absolute atomic E-state index is 12.4. The molecule has 0 saturated carbocycles. The molecule has 9 heteroatoms. The number of methoxy groups -OCH3 is 1. The van der Waals surface area contributed by atoms with Crippen molar-refractivity contribution in [2.45, 2.75) is 6.42 Å².